The molecular formula is C19H23N3O. The van der Waals surface area contributed by atoms with Crippen molar-refractivity contribution in [1.29, 1.82) is 0 Å². The zero-order chi connectivity index (χ0) is 15.9. The summed E-state index contributed by atoms with van der Waals surface area (Å²) >= 11 is 0. The molecule has 0 amide bonds. The minimum atomic E-state index is 0.697. The quantitative estimate of drug-likeness (QED) is 0.624. The van der Waals surface area contributed by atoms with E-state index in [4.69, 9.17) is 4.74 Å². The van der Waals surface area contributed by atoms with Gasteiger partial charge in [0.15, 0.2) is 0 Å². The van der Waals surface area contributed by atoms with Crippen LogP contribution in [0.3, 0.4) is 0 Å². The Morgan fingerprint density at radius 1 is 1.09 bits per heavy atom. The highest BCUT2D eigenvalue weighted by molar-refractivity contribution is 5.74. The van der Waals surface area contributed by atoms with E-state index < -0.39 is 0 Å². The number of fused-ring (bicyclic) bond motifs is 1. The molecule has 3 rings (SSSR count). The van der Waals surface area contributed by atoms with Crippen molar-refractivity contribution in [2.24, 2.45) is 0 Å². The number of aryl methyl sites for hydroxylation is 1. The van der Waals surface area contributed by atoms with E-state index >= 15 is 0 Å². The average Bonchev–Trinajstić information content (AvgIpc) is 2.99. The largest absolute Gasteiger partial charge is 0.494 e. The van der Waals surface area contributed by atoms with Gasteiger partial charge in [-0.05, 0) is 38.1 Å². The predicted molar refractivity (Wildman–Crippen MR) is 93.7 cm³/mol. The average molecular weight is 309 g/mol. The SMILES string of the molecule is CCOc1ccccc1CNCCCc1nc2ccccc2[nH]1. The predicted octanol–water partition coefficient (Wildman–Crippen LogP) is 3.68. The summed E-state index contributed by atoms with van der Waals surface area (Å²) in [6.45, 7) is 4.49. The number of hydrogen-bond donors (Lipinski definition) is 2. The Morgan fingerprint density at radius 3 is 2.78 bits per heavy atom. The Labute approximate surface area is 136 Å². The van der Waals surface area contributed by atoms with E-state index in [0.29, 0.717) is 6.61 Å². The second kappa shape index (κ2) is 7.79. The second-order valence-corrected chi connectivity index (χ2v) is 5.52. The number of aromatic amines is 1. The van der Waals surface area contributed by atoms with Crippen LogP contribution in [0.15, 0.2) is 48.5 Å². The summed E-state index contributed by atoms with van der Waals surface area (Å²) in [5.41, 5.74) is 3.36. The standard InChI is InChI=1S/C19H23N3O/c1-2-23-18-11-6-3-8-15(18)14-20-13-7-12-19-21-16-9-4-5-10-17(16)22-19/h3-6,8-11,20H,2,7,12-14H2,1H3,(H,21,22). The van der Waals surface area contributed by atoms with Crippen LogP contribution in [-0.2, 0) is 13.0 Å². The highest BCUT2D eigenvalue weighted by Crippen LogP contribution is 2.17. The van der Waals surface area contributed by atoms with Gasteiger partial charge in [-0.3, -0.25) is 0 Å². The van der Waals surface area contributed by atoms with Gasteiger partial charge in [0.25, 0.3) is 0 Å². The summed E-state index contributed by atoms with van der Waals surface area (Å²) in [6, 6.07) is 16.3. The molecule has 0 aliphatic heterocycles. The molecule has 0 bridgehead atoms. The molecule has 1 aromatic heterocycles. The van der Waals surface area contributed by atoms with Gasteiger partial charge in [-0.25, -0.2) is 4.98 Å². The molecule has 0 spiro atoms. The number of H-pyrrole nitrogens is 1. The zero-order valence-electron chi connectivity index (χ0n) is 13.5. The first-order valence-electron chi connectivity index (χ1n) is 8.22. The van der Waals surface area contributed by atoms with Crippen LogP contribution in [0.4, 0.5) is 0 Å². The third-order valence-corrected chi connectivity index (χ3v) is 3.79. The summed E-state index contributed by atoms with van der Waals surface area (Å²) in [6.07, 6.45) is 2.01. The molecule has 4 nitrogen and oxygen atoms in total. The lowest BCUT2D eigenvalue weighted by molar-refractivity contribution is 0.335. The van der Waals surface area contributed by atoms with Gasteiger partial charge in [-0.1, -0.05) is 30.3 Å². The summed E-state index contributed by atoms with van der Waals surface area (Å²) < 4.78 is 5.64. The van der Waals surface area contributed by atoms with Crippen molar-refractivity contribution in [3.8, 4) is 5.75 Å². The van der Waals surface area contributed by atoms with Crippen molar-refractivity contribution in [3.05, 3.63) is 59.9 Å². The third kappa shape index (κ3) is 4.11. The Bertz CT molecular complexity index is 718. The maximum atomic E-state index is 5.64. The van der Waals surface area contributed by atoms with Crippen LogP contribution in [0, 0.1) is 0 Å². The minimum Gasteiger partial charge on any atom is -0.494 e. The molecule has 0 atom stereocenters. The van der Waals surface area contributed by atoms with E-state index in [1.165, 1.54) is 5.56 Å². The van der Waals surface area contributed by atoms with Crippen LogP contribution in [0.2, 0.25) is 0 Å². The van der Waals surface area contributed by atoms with E-state index in [1.54, 1.807) is 0 Å². The lowest BCUT2D eigenvalue weighted by Crippen LogP contribution is -2.16. The van der Waals surface area contributed by atoms with Gasteiger partial charge in [0.05, 0.1) is 17.6 Å². The number of para-hydroxylation sites is 3. The van der Waals surface area contributed by atoms with E-state index in [2.05, 4.69) is 27.4 Å². The highest BCUT2D eigenvalue weighted by atomic mass is 16.5. The summed E-state index contributed by atoms with van der Waals surface area (Å²) in [4.78, 5) is 7.97. The first-order chi connectivity index (χ1) is 11.4. The lowest BCUT2D eigenvalue weighted by atomic mass is 10.2. The van der Waals surface area contributed by atoms with Gasteiger partial charge < -0.3 is 15.0 Å². The first kappa shape index (κ1) is 15.6. The minimum absolute atomic E-state index is 0.697. The number of imidazole rings is 1. The molecule has 4 heteroatoms. The molecule has 2 N–H and O–H groups in total. The molecular weight excluding hydrogens is 286 g/mol. The normalized spacial score (nSPS) is 11.0. The molecule has 0 fully saturated rings. The smallest absolute Gasteiger partial charge is 0.123 e. The molecule has 120 valence electrons. The van der Waals surface area contributed by atoms with Crippen LogP contribution < -0.4 is 10.1 Å². The van der Waals surface area contributed by atoms with Gasteiger partial charge in [-0.15, -0.1) is 0 Å². The Kier molecular flexibility index (Phi) is 5.27. The molecule has 0 unspecified atom stereocenters. The van der Waals surface area contributed by atoms with Crippen molar-refractivity contribution in [3.63, 3.8) is 0 Å². The second-order valence-electron chi connectivity index (χ2n) is 5.52. The number of benzene rings is 2. The van der Waals surface area contributed by atoms with E-state index in [1.807, 2.05) is 43.3 Å². The van der Waals surface area contributed by atoms with Gasteiger partial charge in [0.2, 0.25) is 0 Å². The molecule has 0 saturated carbocycles. The number of nitrogens with zero attached hydrogens (tertiary/aromatic N) is 1. The van der Waals surface area contributed by atoms with E-state index in [-0.39, 0.29) is 0 Å². The summed E-state index contributed by atoms with van der Waals surface area (Å²) in [5.74, 6) is 2.03. The Morgan fingerprint density at radius 2 is 1.91 bits per heavy atom. The monoisotopic (exact) mass is 309 g/mol. The van der Waals surface area contributed by atoms with Gasteiger partial charge in [-0.2, -0.15) is 0 Å². The molecule has 0 radical (unpaired) electrons. The van der Waals surface area contributed by atoms with Crippen LogP contribution in [0.1, 0.15) is 24.7 Å². The zero-order valence-corrected chi connectivity index (χ0v) is 13.5. The van der Waals surface area contributed by atoms with Crippen molar-refractivity contribution in [2.45, 2.75) is 26.3 Å². The van der Waals surface area contributed by atoms with Crippen LogP contribution in [-0.4, -0.2) is 23.1 Å². The topological polar surface area (TPSA) is 49.9 Å². The first-order valence-corrected chi connectivity index (χ1v) is 8.22. The highest BCUT2D eigenvalue weighted by Gasteiger charge is 2.03. The number of rotatable bonds is 8. The maximum absolute atomic E-state index is 5.64. The lowest BCUT2D eigenvalue weighted by Gasteiger charge is -2.10. The van der Waals surface area contributed by atoms with Gasteiger partial charge in [0.1, 0.15) is 11.6 Å². The molecule has 23 heavy (non-hydrogen) atoms. The van der Waals surface area contributed by atoms with Crippen LogP contribution in [0.25, 0.3) is 11.0 Å². The Balaban J connectivity index is 1.45. The van der Waals surface area contributed by atoms with E-state index in [9.17, 15) is 0 Å². The van der Waals surface area contributed by atoms with Crippen molar-refractivity contribution in [2.75, 3.05) is 13.2 Å². The van der Waals surface area contributed by atoms with E-state index in [0.717, 1.165) is 48.5 Å². The van der Waals surface area contributed by atoms with Crippen molar-refractivity contribution in [1.82, 2.24) is 15.3 Å². The molecule has 1 heterocycles. The van der Waals surface area contributed by atoms with Crippen molar-refractivity contribution >= 4 is 11.0 Å². The number of hydrogen-bond acceptors (Lipinski definition) is 3. The van der Waals surface area contributed by atoms with Gasteiger partial charge >= 0.3 is 0 Å². The molecule has 0 aliphatic carbocycles. The summed E-state index contributed by atoms with van der Waals surface area (Å²) in [5, 5.41) is 3.48. The fourth-order valence-corrected chi connectivity index (χ4v) is 2.67. The number of nitrogens with one attached hydrogen (secondary N) is 2. The van der Waals surface area contributed by atoms with Crippen molar-refractivity contribution < 1.29 is 4.74 Å². The fraction of sp³-hybridized carbons (Fsp3) is 0.316. The Hall–Kier alpha value is -2.33. The molecule has 0 aliphatic rings. The van der Waals surface area contributed by atoms with Crippen LogP contribution in [0.5, 0.6) is 5.75 Å². The van der Waals surface area contributed by atoms with Crippen LogP contribution >= 0.6 is 0 Å². The number of ether oxygens (including phenoxy) is 1. The fourth-order valence-electron chi connectivity index (χ4n) is 2.67. The molecule has 2 aromatic carbocycles. The molecule has 3 aromatic rings. The third-order valence-electron chi connectivity index (χ3n) is 3.79. The van der Waals surface area contributed by atoms with Gasteiger partial charge in [0, 0.05) is 18.5 Å². The summed E-state index contributed by atoms with van der Waals surface area (Å²) in [7, 11) is 0. The maximum Gasteiger partial charge on any atom is 0.123 e. The number of aromatic nitrogens is 2. The molecule has 0 saturated heterocycles.